The number of allylic oxidation sites excluding steroid dienone is 4. The highest BCUT2D eigenvalue weighted by Crippen LogP contribution is 2.70. The molecule has 5 rings (SSSR count). The number of hydrogen-bond acceptors (Lipinski definition) is 6. The summed E-state index contributed by atoms with van der Waals surface area (Å²) in [4.78, 5) is 39.2. The number of nitrogens with zero attached hydrogens (tertiary/aromatic N) is 1. The standard InChI is InChI=1S/C32H43NO4.CH4S/c1-19(34)37-18-32-11-8-21-26(22(32)16-28(2,3)12-13-32)23(35)14-25-30(21,6)10-9-24-29(4,5)27(36)20(17-33)15-31(24,25)7;1-2/h14-15,21-22,24,26H,8-13,16,18H2,1-7H3;2H,1H3. The van der Waals surface area contributed by atoms with Crippen molar-refractivity contribution in [1.29, 1.82) is 5.26 Å². The number of ketones is 2. The summed E-state index contributed by atoms with van der Waals surface area (Å²) in [7, 11) is 0. The average Bonchev–Trinajstić information content (AvgIpc) is 2.87. The molecule has 7 atom stereocenters. The Hall–Kier alpha value is -1.87. The molecule has 6 heteroatoms. The smallest absolute Gasteiger partial charge is 0.302 e. The fraction of sp³-hybridized carbons (Fsp3) is 0.758. The van der Waals surface area contributed by atoms with Crippen LogP contribution in [0.1, 0.15) is 93.4 Å². The first-order valence-corrected chi connectivity index (χ1v) is 15.5. The Morgan fingerprint density at radius 1 is 1.03 bits per heavy atom. The van der Waals surface area contributed by atoms with Gasteiger partial charge >= 0.3 is 5.97 Å². The lowest BCUT2D eigenvalue weighted by Crippen LogP contribution is -2.61. The summed E-state index contributed by atoms with van der Waals surface area (Å²) in [5.41, 5.74) is 0.101. The van der Waals surface area contributed by atoms with Crippen molar-refractivity contribution in [2.75, 3.05) is 12.9 Å². The molecule has 0 radical (unpaired) electrons. The van der Waals surface area contributed by atoms with E-state index in [2.05, 4.69) is 46.4 Å². The van der Waals surface area contributed by atoms with Gasteiger partial charge in [-0.25, -0.2) is 0 Å². The zero-order valence-corrected chi connectivity index (χ0v) is 26.0. The van der Waals surface area contributed by atoms with Gasteiger partial charge in [0.05, 0.1) is 12.2 Å². The second kappa shape index (κ2) is 9.89. The molecule has 0 N–H and O–H groups in total. The van der Waals surface area contributed by atoms with Gasteiger partial charge in [-0.05, 0) is 85.9 Å². The van der Waals surface area contributed by atoms with E-state index in [0.717, 1.165) is 50.5 Å². The van der Waals surface area contributed by atoms with E-state index < -0.39 is 10.8 Å². The van der Waals surface area contributed by atoms with E-state index in [-0.39, 0.29) is 63.0 Å². The van der Waals surface area contributed by atoms with Crippen molar-refractivity contribution in [2.24, 2.45) is 50.7 Å². The van der Waals surface area contributed by atoms with Gasteiger partial charge in [0, 0.05) is 29.1 Å². The molecule has 0 spiro atoms. The minimum atomic E-state index is -0.643. The lowest BCUT2D eigenvalue weighted by atomic mass is 9.38. The third-order valence-corrected chi connectivity index (χ3v) is 11.8. The van der Waals surface area contributed by atoms with Crippen molar-refractivity contribution in [1.82, 2.24) is 0 Å². The second-order valence-corrected chi connectivity index (χ2v) is 14.8. The molecule has 0 saturated heterocycles. The van der Waals surface area contributed by atoms with E-state index in [9.17, 15) is 19.6 Å². The van der Waals surface area contributed by atoms with Crippen LogP contribution in [-0.2, 0) is 19.1 Å². The Balaban J connectivity index is 0.00000172. The van der Waals surface area contributed by atoms with Gasteiger partial charge < -0.3 is 4.74 Å². The van der Waals surface area contributed by atoms with Crippen LogP contribution in [0.4, 0.5) is 0 Å². The highest BCUT2D eigenvalue weighted by Gasteiger charge is 2.65. The van der Waals surface area contributed by atoms with Crippen molar-refractivity contribution in [3.05, 3.63) is 23.3 Å². The van der Waals surface area contributed by atoms with Crippen molar-refractivity contribution in [3.8, 4) is 6.07 Å². The maximum absolute atomic E-state index is 14.2. The number of ether oxygens (including phenoxy) is 1. The minimum absolute atomic E-state index is 0.0635. The van der Waals surface area contributed by atoms with Gasteiger partial charge in [0.25, 0.3) is 0 Å². The Morgan fingerprint density at radius 3 is 2.31 bits per heavy atom. The van der Waals surface area contributed by atoms with Crippen LogP contribution < -0.4 is 0 Å². The normalized spacial score (nSPS) is 41.5. The summed E-state index contributed by atoms with van der Waals surface area (Å²) in [5.74, 6) is 0.293. The van der Waals surface area contributed by atoms with Crippen molar-refractivity contribution in [3.63, 3.8) is 0 Å². The molecular formula is C33H47NO4S. The van der Waals surface area contributed by atoms with Crippen molar-refractivity contribution >= 4 is 30.2 Å². The van der Waals surface area contributed by atoms with Crippen LogP contribution in [0.15, 0.2) is 23.3 Å². The second-order valence-electron chi connectivity index (χ2n) is 14.8. The van der Waals surface area contributed by atoms with Crippen LogP contribution in [0, 0.1) is 62.1 Å². The van der Waals surface area contributed by atoms with E-state index in [1.165, 1.54) is 6.92 Å². The summed E-state index contributed by atoms with van der Waals surface area (Å²) >= 11 is 3.53. The third-order valence-electron chi connectivity index (χ3n) is 11.8. The molecule has 214 valence electrons. The summed E-state index contributed by atoms with van der Waals surface area (Å²) in [6.07, 6.45) is 12.4. The number of rotatable bonds is 2. The Bertz CT molecular complexity index is 1170. The first-order chi connectivity index (χ1) is 18.1. The molecule has 0 aliphatic heterocycles. The van der Waals surface area contributed by atoms with Crippen LogP contribution in [-0.4, -0.2) is 30.4 Å². The quantitative estimate of drug-likeness (QED) is 0.296. The topological polar surface area (TPSA) is 84.2 Å². The zero-order chi connectivity index (χ0) is 29.2. The van der Waals surface area contributed by atoms with Crippen LogP contribution in [0.25, 0.3) is 0 Å². The zero-order valence-electron chi connectivity index (χ0n) is 25.1. The molecule has 3 fully saturated rings. The van der Waals surface area contributed by atoms with Gasteiger partial charge in [-0.3, -0.25) is 14.4 Å². The predicted octanol–water partition coefficient (Wildman–Crippen LogP) is 6.92. The average molecular weight is 554 g/mol. The lowest BCUT2D eigenvalue weighted by Gasteiger charge is -2.65. The number of nitriles is 1. The largest absolute Gasteiger partial charge is 0.465 e. The molecule has 5 nitrogen and oxygen atoms in total. The summed E-state index contributed by atoms with van der Waals surface area (Å²) in [6.45, 7) is 15.0. The Morgan fingerprint density at radius 2 is 1.69 bits per heavy atom. The third kappa shape index (κ3) is 4.46. The van der Waals surface area contributed by atoms with Crippen LogP contribution in [0.3, 0.4) is 0 Å². The van der Waals surface area contributed by atoms with Gasteiger partial charge in [-0.2, -0.15) is 17.9 Å². The number of hydrogen-bond donors (Lipinski definition) is 1. The van der Waals surface area contributed by atoms with Crippen LogP contribution >= 0.6 is 12.6 Å². The maximum Gasteiger partial charge on any atom is 0.302 e. The molecule has 3 saturated carbocycles. The molecule has 0 bridgehead atoms. The first kappa shape index (κ1) is 30.1. The molecule has 0 aromatic heterocycles. The lowest BCUT2D eigenvalue weighted by molar-refractivity contribution is -0.165. The molecule has 0 aromatic rings. The van der Waals surface area contributed by atoms with Crippen LogP contribution in [0.5, 0.6) is 0 Å². The van der Waals surface area contributed by atoms with E-state index in [1.54, 1.807) is 6.26 Å². The van der Waals surface area contributed by atoms with Gasteiger partial charge in [-0.15, -0.1) is 0 Å². The highest BCUT2D eigenvalue weighted by molar-refractivity contribution is 7.79. The first-order valence-electron chi connectivity index (χ1n) is 14.6. The molecule has 0 aromatic carbocycles. The number of fused-ring (bicyclic) bond motifs is 7. The maximum atomic E-state index is 14.2. The molecule has 5 aliphatic rings. The molecule has 39 heavy (non-hydrogen) atoms. The number of Topliss-reactive ketones (excluding diaryl/α,β-unsaturated/α-hetero) is 1. The predicted molar refractivity (Wildman–Crippen MR) is 156 cm³/mol. The monoisotopic (exact) mass is 553 g/mol. The van der Waals surface area contributed by atoms with E-state index in [0.29, 0.717) is 6.61 Å². The number of carbonyl (C=O) groups excluding carboxylic acids is 3. The SMILES string of the molecule is CC(=O)OCC12CCC3C(C(=O)C=C4C5(C)C=C(C#N)C(=O)C(C)(C)C5CCC43C)C1CC(C)(C)CC2.CS. The van der Waals surface area contributed by atoms with Crippen molar-refractivity contribution < 1.29 is 19.1 Å². The fourth-order valence-corrected chi connectivity index (χ4v) is 9.88. The summed E-state index contributed by atoms with van der Waals surface area (Å²) < 4.78 is 5.66. The van der Waals surface area contributed by atoms with Gasteiger partial charge in [0.15, 0.2) is 11.6 Å². The fourth-order valence-electron chi connectivity index (χ4n) is 9.88. The molecule has 0 heterocycles. The summed E-state index contributed by atoms with van der Waals surface area (Å²) in [6, 6.07) is 2.18. The molecule has 0 amide bonds. The molecule has 7 unspecified atom stereocenters. The van der Waals surface area contributed by atoms with E-state index >= 15 is 0 Å². The number of carbonyl (C=O) groups is 3. The van der Waals surface area contributed by atoms with E-state index in [1.807, 2.05) is 26.0 Å². The van der Waals surface area contributed by atoms with Gasteiger partial charge in [0.1, 0.15) is 6.07 Å². The minimum Gasteiger partial charge on any atom is -0.465 e. The Labute approximate surface area is 240 Å². The van der Waals surface area contributed by atoms with Gasteiger partial charge in [0.2, 0.25) is 0 Å². The number of thiol groups is 1. The number of esters is 1. The van der Waals surface area contributed by atoms with Crippen LogP contribution in [0.2, 0.25) is 0 Å². The highest BCUT2D eigenvalue weighted by atomic mass is 32.1. The van der Waals surface area contributed by atoms with Crippen molar-refractivity contribution in [2.45, 2.75) is 93.4 Å². The molecule has 5 aliphatic carbocycles. The molecular weight excluding hydrogens is 506 g/mol. The van der Waals surface area contributed by atoms with E-state index in [4.69, 9.17) is 4.74 Å². The summed E-state index contributed by atoms with van der Waals surface area (Å²) in [5, 5.41) is 9.83. The Kier molecular flexibility index (Phi) is 7.64. The van der Waals surface area contributed by atoms with Gasteiger partial charge in [-0.1, -0.05) is 53.2 Å².